The van der Waals surface area contributed by atoms with E-state index >= 15 is 0 Å². The number of benzene rings is 2. The summed E-state index contributed by atoms with van der Waals surface area (Å²) in [6, 6.07) is 20.9. The van der Waals surface area contributed by atoms with Crippen LogP contribution in [-0.2, 0) is 11.6 Å². The Morgan fingerprint density at radius 3 is 2.20 bits per heavy atom. The van der Waals surface area contributed by atoms with Crippen molar-refractivity contribution < 1.29 is 0 Å². The molecule has 3 aromatic rings. The van der Waals surface area contributed by atoms with Gasteiger partial charge in [0.15, 0.2) is 0 Å². The molecule has 0 radical (unpaired) electrons. The van der Waals surface area contributed by atoms with Crippen LogP contribution >= 0.6 is 11.8 Å². The smallest absolute Gasteiger partial charge is 0.141 e. The van der Waals surface area contributed by atoms with Gasteiger partial charge in [-0.2, -0.15) is 0 Å². The summed E-state index contributed by atoms with van der Waals surface area (Å²) < 4.78 is 2.35. The summed E-state index contributed by atoms with van der Waals surface area (Å²) in [6.45, 7) is 0. The van der Waals surface area contributed by atoms with Crippen LogP contribution in [0.5, 0.6) is 0 Å². The molecule has 4 rings (SSSR count). The van der Waals surface area contributed by atoms with Gasteiger partial charge in [-0.05, 0) is 0 Å². The van der Waals surface area contributed by atoms with Crippen molar-refractivity contribution in [2.75, 3.05) is 0 Å². The van der Waals surface area contributed by atoms with Gasteiger partial charge in [0.1, 0.15) is 5.82 Å². The molecule has 0 aliphatic carbocycles. The number of fused-ring (bicyclic) bond motifs is 1. The van der Waals surface area contributed by atoms with E-state index in [-0.39, 0.29) is 0 Å². The molecule has 0 atom stereocenters. The number of aromatic nitrogens is 2. The van der Waals surface area contributed by atoms with E-state index < -0.39 is 0 Å². The highest BCUT2D eigenvalue weighted by molar-refractivity contribution is 7.97. The number of hydrogen-bond donors (Lipinski definition) is 0. The Morgan fingerprint density at radius 1 is 0.850 bits per heavy atom. The maximum Gasteiger partial charge on any atom is 0.141 e. The predicted octanol–water partition coefficient (Wildman–Crippen LogP) is 4.42. The molecule has 0 amide bonds. The fourth-order valence-electron chi connectivity index (χ4n) is 2.64. The minimum Gasteiger partial charge on any atom is -0.317 e. The van der Waals surface area contributed by atoms with E-state index in [1.807, 2.05) is 23.9 Å². The highest BCUT2D eigenvalue weighted by Gasteiger charge is 2.23. The molecule has 3 heteroatoms. The predicted molar refractivity (Wildman–Crippen MR) is 84.4 cm³/mol. The molecule has 2 nitrogen and oxygen atoms in total. The lowest BCUT2D eigenvalue weighted by Crippen LogP contribution is -1.94. The van der Waals surface area contributed by atoms with Crippen molar-refractivity contribution in [1.29, 1.82) is 0 Å². The van der Waals surface area contributed by atoms with Gasteiger partial charge in [-0.3, -0.25) is 0 Å². The van der Waals surface area contributed by atoms with Crippen molar-refractivity contribution in [3.05, 3.63) is 66.4 Å². The second-order valence-electron chi connectivity index (χ2n) is 4.87. The third-order valence-electron chi connectivity index (χ3n) is 3.61. The highest BCUT2D eigenvalue weighted by Crippen LogP contribution is 2.37. The Kier molecular flexibility index (Phi) is 2.85. The van der Waals surface area contributed by atoms with Gasteiger partial charge in [-0.1, -0.05) is 60.7 Å². The summed E-state index contributed by atoms with van der Waals surface area (Å²) in [5, 5.41) is 0. The molecular weight excluding hydrogens is 264 g/mol. The van der Waals surface area contributed by atoms with Gasteiger partial charge in [0.05, 0.1) is 17.3 Å². The molecule has 98 valence electrons. The van der Waals surface area contributed by atoms with Crippen molar-refractivity contribution >= 4 is 11.8 Å². The number of imidazole rings is 1. The Morgan fingerprint density at radius 2 is 1.50 bits per heavy atom. The summed E-state index contributed by atoms with van der Waals surface area (Å²) in [4.78, 5) is 4.92. The molecule has 0 unspecified atom stereocenters. The van der Waals surface area contributed by atoms with E-state index in [0.29, 0.717) is 0 Å². The Hall–Kier alpha value is -2.00. The van der Waals surface area contributed by atoms with Crippen LogP contribution in [0.2, 0.25) is 0 Å². The van der Waals surface area contributed by atoms with E-state index in [1.54, 1.807) is 0 Å². The molecule has 0 N–H and O–H groups in total. The summed E-state index contributed by atoms with van der Waals surface area (Å²) in [5.74, 6) is 3.13. The van der Waals surface area contributed by atoms with Crippen molar-refractivity contribution in [2.45, 2.75) is 11.6 Å². The quantitative estimate of drug-likeness (QED) is 0.690. The lowest BCUT2D eigenvalue weighted by molar-refractivity contribution is 0.890. The van der Waals surface area contributed by atoms with Crippen molar-refractivity contribution in [2.24, 2.45) is 0 Å². The molecule has 1 aliphatic heterocycles. The van der Waals surface area contributed by atoms with Crippen LogP contribution in [0.1, 0.15) is 5.69 Å². The van der Waals surface area contributed by atoms with Gasteiger partial charge in [0, 0.05) is 16.9 Å². The largest absolute Gasteiger partial charge is 0.317 e. The van der Waals surface area contributed by atoms with Gasteiger partial charge >= 0.3 is 0 Å². The van der Waals surface area contributed by atoms with Crippen LogP contribution in [0.3, 0.4) is 0 Å². The number of rotatable bonds is 2. The SMILES string of the molecule is c1ccc(-c2nc(-c3ccccc3)n3c2CSC3)cc1. The lowest BCUT2D eigenvalue weighted by Gasteiger charge is -2.02. The van der Waals surface area contributed by atoms with Crippen molar-refractivity contribution in [3.63, 3.8) is 0 Å². The zero-order valence-electron chi connectivity index (χ0n) is 11.0. The maximum atomic E-state index is 4.92. The van der Waals surface area contributed by atoms with E-state index in [1.165, 1.54) is 16.8 Å². The maximum absolute atomic E-state index is 4.92. The van der Waals surface area contributed by atoms with Crippen LogP contribution in [0.4, 0.5) is 0 Å². The summed E-state index contributed by atoms with van der Waals surface area (Å²) in [6.07, 6.45) is 0. The third kappa shape index (κ3) is 1.86. The first-order chi connectivity index (χ1) is 9.93. The summed E-state index contributed by atoms with van der Waals surface area (Å²) in [5.41, 5.74) is 4.88. The van der Waals surface area contributed by atoms with Crippen LogP contribution in [-0.4, -0.2) is 9.55 Å². The van der Waals surface area contributed by atoms with E-state index in [4.69, 9.17) is 4.98 Å². The molecule has 2 aromatic carbocycles. The van der Waals surface area contributed by atoms with E-state index in [2.05, 4.69) is 53.1 Å². The topological polar surface area (TPSA) is 17.8 Å². The number of thioether (sulfide) groups is 1. The highest BCUT2D eigenvalue weighted by atomic mass is 32.2. The van der Waals surface area contributed by atoms with Gasteiger partial charge < -0.3 is 4.57 Å². The Bertz CT molecular complexity index is 670. The van der Waals surface area contributed by atoms with E-state index in [9.17, 15) is 0 Å². The average Bonchev–Trinajstić information content (AvgIpc) is 3.11. The van der Waals surface area contributed by atoms with Crippen molar-refractivity contribution in [3.8, 4) is 22.6 Å². The monoisotopic (exact) mass is 278 g/mol. The summed E-state index contributed by atoms with van der Waals surface area (Å²) >= 11 is 1.95. The van der Waals surface area contributed by atoms with E-state index in [0.717, 1.165) is 23.1 Å². The minimum atomic E-state index is 0.999. The second-order valence-corrected chi connectivity index (χ2v) is 5.82. The van der Waals surface area contributed by atoms with Gasteiger partial charge in [-0.25, -0.2) is 4.98 Å². The number of nitrogens with zero attached hydrogens (tertiary/aromatic N) is 2. The van der Waals surface area contributed by atoms with Gasteiger partial charge in [-0.15, -0.1) is 11.8 Å². The average molecular weight is 278 g/mol. The molecule has 0 saturated carbocycles. The fraction of sp³-hybridized carbons (Fsp3) is 0.118. The minimum absolute atomic E-state index is 0.999. The molecule has 0 fully saturated rings. The zero-order valence-corrected chi connectivity index (χ0v) is 11.8. The molecule has 2 heterocycles. The molecule has 0 bridgehead atoms. The fourth-order valence-corrected chi connectivity index (χ4v) is 3.68. The van der Waals surface area contributed by atoms with Crippen LogP contribution in [0.25, 0.3) is 22.6 Å². The number of hydrogen-bond acceptors (Lipinski definition) is 2. The Labute approximate surface area is 122 Å². The van der Waals surface area contributed by atoms with Crippen LogP contribution in [0, 0.1) is 0 Å². The molecule has 0 saturated heterocycles. The zero-order chi connectivity index (χ0) is 13.4. The third-order valence-corrected chi connectivity index (χ3v) is 4.53. The standard InChI is InChI=1S/C17H14N2S/c1-3-7-13(8-4-1)16-15-11-20-12-19(15)17(18-16)14-9-5-2-6-10-14/h1-10H,11-12H2. The lowest BCUT2D eigenvalue weighted by atomic mass is 10.1. The Balaban J connectivity index is 1.91. The van der Waals surface area contributed by atoms with Gasteiger partial charge in [0.25, 0.3) is 0 Å². The van der Waals surface area contributed by atoms with Crippen molar-refractivity contribution in [1.82, 2.24) is 9.55 Å². The van der Waals surface area contributed by atoms with Crippen LogP contribution < -0.4 is 0 Å². The summed E-state index contributed by atoms with van der Waals surface area (Å²) in [7, 11) is 0. The van der Waals surface area contributed by atoms with Gasteiger partial charge in [0.2, 0.25) is 0 Å². The molecular formula is C17H14N2S. The first kappa shape index (κ1) is 11.8. The first-order valence-electron chi connectivity index (χ1n) is 6.71. The molecule has 0 spiro atoms. The second kappa shape index (κ2) is 4.84. The van der Waals surface area contributed by atoms with Crippen LogP contribution in [0.15, 0.2) is 60.7 Å². The molecule has 20 heavy (non-hydrogen) atoms. The molecule has 1 aromatic heterocycles. The normalized spacial score (nSPS) is 13.4. The molecule has 1 aliphatic rings. The first-order valence-corrected chi connectivity index (χ1v) is 7.87.